The molecule has 0 fully saturated rings. The number of thioether (sulfide) groups is 1. The van der Waals surface area contributed by atoms with Crippen LogP contribution in [0.2, 0.25) is 0 Å². The molecule has 0 saturated heterocycles. The molecule has 2 N–H and O–H groups in total. The smallest absolute Gasteiger partial charge is 0.334 e. The molecule has 0 aliphatic carbocycles. The minimum atomic E-state index is -1.07. The molecule has 0 radical (unpaired) electrons. The third-order valence-electron chi connectivity index (χ3n) is 3.67. The Labute approximate surface area is 138 Å². The zero-order valence-corrected chi connectivity index (χ0v) is 13.9. The highest BCUT2D eigenvalue weighted by molar-refractivity contribution is 8.03. The van der Waals surface area contributed by atoms with Gasteiger partial charge in [-0.05, 0) is 19.6 Å². The zero-order valence-electron chi connectivity index (χ0n) is 13.1. The number of para-hydroxylation sites is 1. The molecule has 0 saturated carbocycles. The largest absolute Gasteiger partial charge is 0.478 e. The van der Waals surface area contributed by atoms with Gasteiger partial charge >= 0.3 is 5.97 Å². The zero-order chi connectivity index (χ0) is 17.1. The van der Waals surface area contributed by atoms with Crippen molar-refractivity contribution in [3.8, 4) is 0 Å². The maximum atomic E-state index is 11.8. The Balaban J connectivity index is 2.72. The number of aliphatic carboxylic acids is 1. The van der Waals surface area contributed by atoms with Gasteiger partial charge in [-0.2, -0.15) is 0 Å². The third kappa shape index (κ3) is 3.24. The Bertz CT molecular complexity index is 725. The minimum absolute atomic E-state index is 0.0621. The lowest BCUT2D eigenvalue weighted by Gasteiger charge is -2.30. The highest BCUT2D eigenvalue weighted by atomic mass is 32.2. The number of carboxylic acids is 1. The van der Waals surface area contributed by atoms with Crippen LogP contribution < -0.4 is 5.32 Å². The Kier molecular flexibility index (Phi) is 5.10. The first-order chi connectivity index (χ1) is 10.9. The van der Waals surface area contributed by atoms with Crippen molar-refractivity contribution in [1.29, 1.82) is 0 Å². The van der Waals surface area contributed by atoms with Crippen molar-refractivity contribution in [2.75, 3.05) is 5.75 Å². The fourth-order valence-corrected chi connectivity index (χ4v) is 3.79. The van der Waals surface area contributed by atoms with E-state index in [2.05, 4.69) is 5.32 Å². The molecule has 1 aliphatic heterocycles. The van der Waals surface area contributed by atoms with Crippen LogP contribution >= 0.6 is 11.8 Å². The lowest BCUT2D eigenvalue weighted by molar-refractivity contribution is -0.385. The summed E-state index contributed by atoms with van der Waals surface area (Å²) in [6.07, 6.45) is 0. The number of hydrogen-bond acceptors (Lipinski definition) is 5. The van der Waals surface area contributed by atoms with E-state index in [0.29, 0.717) is 11.3 Å². The molecule has 0 bridgehead atoms. The Morgan fingerprint density at radius 1 is 1.35 bits per heavy atom. The van der Waals surface area contributed by atoms with Gasteiger partial charge in [-0.1, -0.05) is 25.1 Å². The van der Waals surface area contributed by atoms with Gasteiger partial charge in [-0.15, -0.1) is 11.8 Å². The van der Waals surface area contributed by atoms with Crippen LogP contribution in [0.25, 0.3) is 0 Å². The van der Waals surface area contributed by atoms with E-state index in [9.17, 15) is 20.0 Å². The van der Waals surface area contributed by atoms with Gasteiger partial charge < -0.3 is 10.4 Å². The number of nitro groups is 1. The van der Waals surface area contributed by atoms with E-state index in [4.69, 9.17) is 0 Å². The highest BCUT2D eigenvalue weighted by Gasteiger charge is 2.36. The van der Waals surface area contributed by atoms with Crippen molar-refractivity contribution < 1.29 is 14.8 Å². The van der Waals surface area contributed by atoms with E-state index in [1.165, 1.54) is 17.8 Å². The van der Waals surface area contributed by atoms with Crippen molar-refractivity contribution in [2.24, 2.45) is 0 Å². The Morgan fingerprint density at radius 3 is 2.57 bits per heavy atom. The summed E-state index contributed by atoms with van der Waals surface area (Å²) >= 11 is 1.50. The number of rotatable bonds is 5. The van der Waals surface area contributed by atoms with E-state index in [1.54, 1.807) is 25.1 Å². The predicted octanol–water partition coefficient (Wildman–Crippen LogP) is 3.62. The Morgan fingerprint density at radius 2 is 2.00 bits per heavy atom. The van der Waals surface area contributed by atoms with Crippen LogP contribution in [0.15, 0.2) is 46.1 Å². The molecule has 7 heteroatoms. The van der Waals surface area contributed by atoms with Crippen molar-refractivity contribution >= 4 is 23.4 Å². The summed E-state index contributed by atoms with van der Waals surface area (Å²) in [6.45, 7) is 5.51. The number of carbonyl (C=O) groups is 1. The summed E-state index contributed by atoms with van der Waals surface area (Å²) in [7, 11) is 0. The number of nitrogens with one attached hydrogen (secondary N) is 1. The summed E-state index contributed by atoms with van der Waals surface area (Å²) in [6, 6.07) is 6.33. The van der Waals surface area contributed by atoms with E-state index in [0.717, 1.165) is 16.4 Å². The highest BCUT2D eigenvalue weighted by Crippen LogP contribution is 2.45. The summed E-state index contributed by atoms with van der Waals surface area (Å²) in [5.74, 6) is -0.961. The molecule has 122 valence electrons. The molecule has 1 unspecified atom stereocenters. The van der Waals surface area contributed by atoms with E-state index >= 15 is 0 Å². The van der Waals surface area contributed by atoms with Gasteiger partial charge in [0.25, 0.3) is 5.69 Å². The van der Waals surface area contributed by atoms with E-state index in [1.807, 2.05) is 13.8 Å². The van der Waals surface area contributed by atoms with E-state index < -0.39 is 16.8 Å². The van der Waals surface area contributed by atoms with Crippen LogP contribution in [-0.2, 0) is 4.79 Å². The summed E-state index contributed by atoms with van der Waals surface area (Å²) in [4.78, 5) is 23.5. The number of nitro benzene ring substituents is 1. The van der Waals surface area contributed by atoms with Crippen molar-refractivity contribution in [3.05, 3.63) is 61.8 Å². The van der Waals surface area contributed by atoms with Crippen LogP contribution in [0.3, 0.4) is 0 Å². The van der Waals surface area contributed by atoms with Gasteiger partial charge in [0.05, 0.1) is 16.4 Å². The molecular weight excluding hydrogens is 316 g/mol. The number of hydrogen-bond donors (Lipinski definition) is 2. The average Bonchev–Trinajstić information content (AvgIpc) is 2.49. The van der Waals surface area contributed by atoms with Crippen LogP contribution in [0.1, 0.15) is 32.3 Å². The second kappa shape index (κ2) is 6.87. The maximum Gasteiger partial charge on any atom is 0.334 e. The fourth-order valence-electron chi connectivity index (χ4n) is 2.80. The molecule has 6 nitrogen and oxygen atoms in total. The first-order valence-electron chi connectivity index (χ1n) is 7.16. The summed E-state index contributed by atoms with van der Waals surface area (Å²) in [5.41, 5.74) is 1.85. The summed E-state index contributed by atoms with van der Waals surface area (Å²) in [5, 5.41) is 24.1. The van der Waals surface area contributed by atoms with Gasteiger partial charge in [-0.25, -0.2) is 4.79 Å². The summed E-state index contributed by atoms with van der Waals surface area (Å²) < 4.78 is 0. The van der Waals surface area contributed by atoms with Gasteiger partial charge in [0.15, 0.2) is 0 Å². The number of nitrogens with zero attached hydrogens (tertiary/aromatic N) is 1. The number of benzene rings is 1. The average molecular weight is 334 g/mol. The van der Waals surface area contributed by atoms with Gasteiger partial charge in [-0.3, -0.25) is 10.1 Å². The molecule has 1 atom stereocenters. The Hall–Kier alpha value is -2.28. The SMILES string of the molecule is CCSC1=C(C)NC(C)=C(C(=O)O)C1c1ccccc1[N+](=O)[O-]. The quantitative estimate of drug-likeness (QED) is 0.631. The van der Waals surface area contributed by atoms with Gasteiger partial charge in [0.1, 0.15) is 0 Å². The van der Waals surface area contributed by atoms with Crippen molar-refractivity contribution in [2.45, 2.75) is 26.7 Å². The fraction of sp³-hybridized carbons (Fsp3) is 0.312. The lowest BCUT2D eigenvalue weighted by atomic mass is 9.85. The number of allylic oxidation sites excluding steroid dienone is 3. The first kappa shape index (κ1) is 17.1. The second-order valence-corrected chi connectivity index (χ2v) is 6.45. The number of carboxylic acid groups (broad SMARTS) is 1. The van der Waals surface area contributed by atoms with Crippen LogP contribution in [-0.4, -0.2) is 21.8 Å². The molecule has 1 aliphatic rings. The van der Waals surface area contributed by atoms with E-state index in [-0.39, 0.29) is 11.3 Å². The monoisotopic (exact) mass is 334 g/mol. The third-order valence-corrected chi connectivity index (χ3v) is 4.82. The lowest BCUT2D eigenvalue weighted by Crippen LogP contribution is -2.27. The minimum Gasteiger partial charge on any atom is -0.478 e. The van der Waals surface area contributed by atoms with Crippen LogP contribution in [0.5, 0.6) is 0 Å². The van der Waals surface area contributed by atoms with Crippen LogP contribution in [0.4, 0.5) is 5.69 Å². The second-order valence-electron chi connectivity index (χ2n) is 5.14. The van der Waals surface area contributed by atoms with Gasteiger partial charge in [0.2, 0.25) is 0 Å². The standard InChI is InChI=1S/C16H18N2O4S/c1-4-23-15-10(3)17-9(2)13(16(19)20)14(15)11-7-5-6-8-12(11)18(21)22/h5-8,14,17H,4H2,1-3H3,(H,19,20). The molecule has 1 heterocycles. The maximum absolute atomic E-state index is 11.8. The van der Waals surface area contributed by atoms with Gasteiger partial charge in [0, 0.05) is 27.9 Å². The topological polar surface area (TPSA) is 92.5 Å². The molecular formula is C16H18N2O4S. The van der Waals surface area contributed by atoms with Crippen molar-refractivity contribution in [1.82, 2.24) is 5.32 Å². The molecule has 1 aromatic rings. The molecule has 1 aromatic carbocycles. The first-order valence-corrected chi connectivity index (χ1v) is 8.15. The van der Waals surface area contributed by atoms with Crippen LogP contribution in [0, 0.1) is 10.1 Å². The molecule has 2 rings (SSSR count). The molecule has 0 aromatic heterocycles. The predicted molar refractivity (Wildman–Crippen MR) is 90.1 cm³/mol. The normalized spacial score (nSPS) is 18.0. The molecule has 23 heavy (non-hydrogen) atoms. The molecule has 0 spiro atoms. The molecule has 0 amide bonds. The van der Waals surface area contributed by atoms with Crippen molar-refractivity contribution in [3.63, 3.8) is 0 Å². The number of dihydropyridines is 1.